The highest BCUT2D eigenvalue weighted by atomic mass is 16.4. The molecule has 0 aliphatic rings. The van der Waals surface area contributed by atoms with Crippen LogP contribution in [-0.2, 0) is 0 Å². The summed E-state index contributed by atoms with van der Waals surface area (Å²) in [6, 6.07) is 7.19. The molecule has 0 amide bonds. The predicted octanol–water partition coefficient (Wildman–Crippen LogP) is 0.824. The summed E-state index contributed by atoms with van der Waals surface area (Å²) in [6.45, 7) is 5.24. The fourth-order valence-corrected chi connectivity index (χ4v) is 1.25. The Morgan fingerprint density at radius 2 is 2.13 bits per heavy atom. The van der Waals surface area contributed by atoms with Crippen molar-refractivity contribution in [1.82, 2.24) is 0 Å². The van der Waals surface area contributed by atoms with Gasteiger partial charge in [0.1, 0.15) is 0 Å². The first kappa shape index (κ1) is 12.1. The van der Waals surface area contributed by atoms with Crippen molar-refractivity contribution in [2.24, 2.45) is 5.92 Å². The van der Waals surface area contributed by atoms with Crippen molar-refractivity contribution in [3.05, 3.63) is 24.3 Å². The number of rotatable bonds is 5. The minimum Gasteiger partial charge on any atom is -0.423 e. The van der Waals surface area contributed by atoms with Crippen LogP contribution >= 0.6 is 0 Å². The summed E-state index contributed by atoms with van der Waals surface area (Å²) >= 11 is 0. The van der Waals surface area contributed by atoms with Crippen LogP contribution < -0.4 is 10.8 Å². The Labute approximate surface area is 91.3 Å². The molecule has 0 bridgehead atoms. The minimum absolute atomic E-state index is 0.518. The van der Waals surface area contributed by atoms with Crippen molar-refractivity contribution < 1.29 is 10.0 Å². The molecule has 15 heavy (non-hydrogen) atoms. The van der Waals surface area contributed by atoms with E-state index in [1.807, 2.05) is 12.1 Å². The van der Waals surface area contributed by atoms with Crippen LogP contribution in [-0.4, -0.2) is 23.7 Å². The molecule has 3 nitrogen and oxygen atoms in total. The molecule has 0 saturated heterocycles. The third-order valence-corrected chi connectivity index (χ3v) is 2.54. The van der Waals surface area contributed by atoms with Gasteiger partial charge in [0.15, 0.2) is 0 Å². The average molecular weight is 207 g/mol. The van der Waals surface area contributed by atoms with Gasteiger partial charge >= 0.3 is 7.12 Å². The summed E-state index contributed by atoms with van der Waals surface area (Å²) in [5, 5.41) is 21.3. The summed E-state index contributed by atoms with van der Waals surface area (Å²) in [4.78, 5) is 0. The zero-order valence-electron chi connectivity index (χ0n) is 9.27. The van der Waals surface area contributed by atoms with Gasteiger partial charge in [-0.05, 0) is 23.5 Å². The fourth-order valence-electron chi connectivity index (χ4n) is 1.25. The molecule has 1 unspecified atom stereocenters. The van der Waals surface area contributed by atoms with Crippen molar-refractivity contribution in [3.63, 3.8) is 0 Å². The SMILES string of the molecule is CCC(C)CNc1cccc(B(O)O)c1. The van der Waals surface area contributed by atoms with E-state index >= 15 is 0 Å². The lowest BCUT2D eigenvalue weighted by Crippen LogP contribution is -2.29. The number of hydrogen-bond acceptors (Lipinski definition) is 3. The van der Waals surface area contributed by atoms with Crippen LogP contribution in [0.5, 0.6) is 0 Å². The van der Waals surface area contributed by atoms with Crippen LogP contribution in [0.1, 0.15) is 20.3 Å². The van der Waals surface area contributed by atoms with Crippen LogP contribution in [0.4, 0.5) is 5.69 Å². The van der Waals surface area contributed by atoms with Gasteiger partial charge in [-0.25, -0.2) is 0 Å². The van der Waals surface area contributed by atoms with E-state index in [4.69, 9.17) is 10.0 Å². The first-order chi connectivity index (χ1) is 7.13. The van der Waals surface area contributed by atoms with Gasteiger partial charge in [-0.2, -0.15) is 0 Å². The Morgan fingerprint density at radius 3 is 2.73 bits per heavy atom. The summed E-state index contributed by atoms with van der Waals surface area (Å²) in [5.74, 6) is 0.618. The lowest BCUT2D eigenvalue weighted by atomic mass is 9.80. The number of hydrogen-bond donors (Lipinski definition) is 3. The molecule has 3 N–H and O–H groups in total. The van der Waals surface area contributed by atoms with E-state index in [2.05, 4.69) is 19.2 Å². The minimum atomic E-state index is -1.39. The van der Waals surface area contributed by atoms with Gasteiger partial charge in [-0.1, -0.05) is 32.4 Å². The maximum Gasteiger partial charge on any atom is 0.488 e. The van der Waals surface area contributed by atoms with E-state index in [0.29, 0.717) is 11.4 Å². The van der Waals surface area contributed by atoms with E-state index in [1.165, 1.54) is 0 Å². The second-order valence-corrected chi connectivity index (χ2v) is 3.89. The second kappa shape index (κ2) is 5.78. The molecule has 82 valence electrons. The van der Waals surface area contributed by atoms with E-state index in [1.54, 1.807) is 12.1 Å². The standard InChI is InChI=1S/C11H18BNO2/c1-3-9(2)8-13-11-6-4-5-10(7-11)12(14)15/h4-7,9,13-15H,3,8H2,1-2H3. The zero-order chi connectivity index (χ0) is 11.3. The molecule has 0 aliphatic carbocycles. The largest absolute Gasteiger partial charge is 0.488 e. The maximum atomic E-state index is 9.00. The van der Waals surface area contributed by atoms with E-state index < -0.39 is 7.12 Å². The Hall–Kier alpha value is -0.995. The van der Waals surface area contributed by atoms with E-state index in [9.17, 15) is 0 Å². The first-order valence-corrected chi connectivity index (χ1v) is 5.33. The van der Waals surface area contributed by atoms with E-state index in [0.717, 1.165) is 18.7 Å². The molecule has 1 rings (SSSR count). The number of anilines is 1. The molecule has 0 radical (unpaired) electrons. The molecule has 4 heteroatoms. The molecular weight excluding hydrogens is 189 g/mol. The summed E-state index contributed by atoms with van der Waals surface area (Å²) < 4.78 is 0. The summed E-state index contributed by atoms with van der Waals surface area (Å²) in [6.07, 6.45) is 1.13. The Bertz CT molecular complexity index is 304. The van der Waals surface area contributed by atoms with Gasteiger partial charge < -0.3 is 15.4 Å². The summed E-state index contributed by atoms with van der Waals surface area (Å²) in [5.41, 5.74) is 1.45. The third kappa shape index (κ3) is 3.94. The monoisotopic (exact) mass is 207 g/mol. The van der Waals surface area contributed by atoms with Crippen molar-refractivity contribution >= 4 is 18.3 Å². The first-order valence-electron chi connectivity index (χ1n) is 5.33. The van der Waals surface area contributed by atoms with Crippen LogP contribution in [0.25, 0.3) is 0 Å². The Kier molecular flexibility index (Phi) is 4.65. The molecule has 0 spiro atoms. The van der Waals surface area contributed by atoms with Crippen molar-refractivity contribution in [2.75, 3.05) is 11.9 Å². The van der Waals surface area contributed by atoms with Gasteiger partial charge in [0.25, 0.3) is 0 Å². The number of nitrogens with one attached hydrogen (secondary N) is 1. The van der Waals surface area contributed by atoms with Gasteiger partial charge in [-0.3, -0.25) is 0 Å². The topological polar surface area (TPSA) is 52.5 Å². The lowest BCUT2D eigenvalue weighted by molar-refractivity contribution is 0.426. The maximum absolute atomic E-state index is 9.00. The summed E-state index contributed by atoms with van der Waals surface area (Å²) in [7, 11) is -1.39. The predicted molar refractivity (Wildman–Crippen MR) is 64.2 cm³/mol. The molecular formula is C11H18BNO2. The fraction of sp³-hybridized carbons (Fsp3) is 0.455. The average Bonchev–Trinajstić information content (AvgIpc) is 2.26. The van der Waals surface area contributed by atoms with Crippen molar-refractivity contribution in [3.8, 4) is 0 Å². The second-order valence-electron chi connectivity index (χ2n) is 3.89. The van der Waals surface area contributed by atoms with Gasteiger partial charge in [0.05, 0.1) is 0 Å². The zero-order valence-corrected chi connectivity index (χ0v) is 9.27. The third-order valence-electron chi connectivity index (χ3n) is 2.54. The van der Waals surface area contributed by atoms with Gasteiger partial charge in [0, 0.05) is 12.2 Å². The molecule has 0 saturated carbocycles. The molecule has 1 aromatic carbocycles. The van der Waals surface area contributed by atoms with Crippen molar-refractivity contribution in [1.29, 1.82) is 0 Å². The van der Waals surface area contributed by atoms with Gasteiger partial charge in [0.2, 0.25) is 0 Å². The highest BCUT2D eigenvalue weighted by Crippen LogP contribution is 2.07. The molecule has 0 fully saturated rings. The molecule has 0 aliphatic heterocycles. The highest BCUT2D eigenvalue weighted by Gasteiger charge is 2.10. The Morgan fingerprint density at radius 1 is 1.40 bits per heavy atom. The normalized spacial score (nSPS) is 12.3. The van der Waals surface area contributed by atoms with Gasteiger partial charge in [-0.15, -0.1) is 0 Å². The van der Waals surface area contributed by atoms with Crippen LogP contribution in [0.15, 0.2) is 24.3 Å². The molecule has 0 aromatic heterocycles. The van der Waals surface area contributed by atoms with Crippen LogP contribution in [0.2, 0.25) is 0 Å². The van der Waals surface area contributed by atoms with Crippen LogP contribution in [0, 0.1) is 5.92 Å². The number of benzene rings is 1. The lowest BCUT2D eigenvalue weighted by Gasteiger charge is -2.12. The molecule has 0 heterocycles. The van der Waals surface area contributed by atoms with Crippen LogP contribution in [0.3, 0.4) is 0 Å². The molecule has 1 aromatic rings. The quantitative estimate of drug-likeness (QED) is 0.626. The molecule has 1 atom stereocenters. The highest BCUT2D eigenvalue weighted by molar-refractivity contribution is 6.58. The van der Waals surface area contributed by atoms with E-state index in [-0.39, 0.29) is 0 Å². The Balaban J connectivity index is 2.58. The smallest absolute Gasteiger partial charge is 0.423 e. The van der Waals surface area contributed by atoms with Crippen molar-refractivity contribution in [2.45, 2.75) is 20.3 Å².